The highest BCUT2D eigenvalue weighted by atomic mass is 32.2. The summed E-state index contributed by atoms with van der Waals surface area (Å²) in [5, 5.41) is 0.721. The van der Waals surface area contributed by atoms with Crippen molar-refractivity contribution in [1.29, 1.82) is 0 Å². The van der Waals surface area contributed by atoms with Crippen LogP contribution in [0, 0.1) is 0 Å². The zero-order valence-electron chi connectivity index (χ0n) is 10.5. The number of hydrogen-bond donors (Lipinski definition) is 1. The van der Waals surface area contributed by atoms with Gasteiger partial charge in [-0.3, -0.25) is 0 Å². The molecule has 4 heteroatoms. The summed E-state index contributed by atoms with van der Waals surface area (Å²) in [5.74, 6) is 2.18. The molecule has 1 heterocycles. The van der Waals surface area contributed by atoms with Crippen LogP contribution in [0.1, 0.15) is 32.5 Å². The van der Waals surface area contributed by atoms with E-state index in [1.807, 2.05) is 31.2 Å². The first-order chi connectivity index (χ1) is 7.63. The largest absolute Gasteiger partial charge is 0.338 e. The Bertz CT molecular complexity index is 298. The highest BCUT2D eigenvalue weighted by Gasteiger charge is 2.08. The molecule has 0 amide bonds. The van der Waals surface area contributed by atoms with Crippen molar-refractivity contribution in [3.63, 3.8) is 0 Å². The number of nitrogens with two attached hydrogens (primary N) is 1. The molecule has 0 aliphatic heterocycles. The average molecular weight is 241 g/mol. The first kappa shape index (κ1) is 13.6. The van der Waals surface area contributed by atoms with Gasteiger partial charge in [0.2, 0.25) is 0 Å². The topological polar surface area (TPSA) is 43.8 Å². The van der Waals surface area contributed by atoms with Crippen LogP contribution in [0.2, 0.25) is 0 Å². The Balaban J connectivity index is 2.20. The van der Waals surface area contributed by atoms with E-state index < -0.39 is 0 Å². The number of aryl methyl sites for hydroxylation is 2. The molecule has 0 bridgehead atoms. The Kier molecular flexibility index (Phi) is 5.91. The summed E-state index contributed by atoms with van der Waals surface area (Å²) in [5.41, 5.74) is 6.09. The van der Waals surface area contributed by atoms with Gasteiger partial charge < -0.3 is 10.3 Å². The van der Waals surface area contributed by atoms with Crippen molar-refractivity contribution in [3.05, 3.63) is 18.2 Å². The Labute approximate surface area is 103 Å². The van der Waals surface area contributed by atoms with E-state index in [0.29, 0.717) is 0 Å². The number of aromatic nitrogens is 2. The van der Waals surface area contributed by atoms with E-state index in [0.717, 1.165) is 29.7 Å². The van der Waals surface area contributed by atoms with Gasteiger partial charge in [-0.2, -0.15) is 11.8 Å². The van der Waals surface area contributed by atoms with E-state index in [-0.39, 0.29) is 6.04 Å². The van der Waals surface area contributed by atoms with Gasteiger partial charge in [-0.05, 0) is 12.8 Å². The summed E-state index contributed by atoms with van der Waals surface area (Å²) in [4.78, 5) is 4.30. The quantitative estimate of drug-likeness (QED) is 0.796. The molecule has 0 aromatic carbocycles. The maximum Gasteiger partial charge on any atom is 0.108 e. The van der Waals surface area contributed by atoms with Gasteiger partial charge in [-0.15, -0.1) is 0 Å². The van der Waals surface area contributed by atoms with Crippen molar-refractivity contribution in [3.8, 4) is 0 Å². The van der Waals surface area contributed by atoms with Gasteiger partial charge in [0.15, 0.2) is 0 Å². The fourth-order valence-corrected chi connectivity index (χ4v) is 2.42. The van der Waals surface area contributed by atoms with Crippen molar-refractivity contribution in [1.82, 2.24) is 9.55 Å². The van der Waals surface area contributed by atoms with Crippen molar-refractivity contribution in [2.24, 2.45) is 12.8 Å². The molecule has 1 aromatic heterocycles. The molecule has 1 rings (SSSR count). The van der Waals surface area contributed by atoms with Gasteiger partial charge in [-0.25, -0.2) is 4.98 Å². The molecule has 2 N–H and O–H groups in total. The molecule has 3 nitrogen and oxygen atoms in total. The van der Waals surface area contributed by atoms with Gasteiger partial charge >= 0.3 is 0 Å². The first-order valence-corrected chi connectivity index (χ1v) is 7.01. The standard InChI is InChI=1S/C12H23N3S/c1-4-10(2)16-9-11(13)5-6-12-14-7-8-15(12)3/h7-8,10-11H,4-6,9,13H2,1-3H3. The minimum absolute atomic E-state index is 0.288. The maximum absolute atomic E-state index is 6.09. The molecule has 0 radical (unpaired) electrons. The second-order valence-electron chi connectivity index (χ2n) is 4.31. The van der Waals surface area contributed by atoms with Gasteiger partial charge in [0.1, 0.15) is 5.82 Å². The molecule has 92 valence electrons. The van der Waals surface area contributed by atoms with Gasteiger partial charge in [0.25, 0.3) is 0 Å². The van der Waals surface area contributed by atoms with E-state index in [1.54, 1.807) is 0 Å². The molecule has 0 spiro atoms. The Hall–Kier alpha value is -0.480. The predicted molar refractivity (Wildman–Crippen MR) is 71.7 cm³/mol. The minimum Gasteiger partial charge on any atom is -0.338 e. The van der Waals surface area contributed by atoms with Gasteiger partial charge in [-0.1, -0.05) is 13.8 Å². The third kappa shape index (κ3) is 4.58. The normalized spacial score (nSPS) is 15.0. The fourth-order valence-electron chi connectivity index (χ4n) is 1.44. The van der Waals surface area contributed by atoms with Crippen molar-refractivity contribution >= 4 is 11.8 Å². The van der Waals surface area contributed by atoms with Crippen LogP contribution in [0.5, 0.6) is 0 Å². The molecule has 0 saturated heterocycles. The highest BCUT2D eigenvalue weighted by molar-refractivity contribution is 7.99. The zero-order valence-corrected chi connectivity index (χ0v) is 11.3. The highest BCUT2D eigenvalue weighted by Crippen LogP contribution is 2.15. The Morgan fingerprint density at radius 2 is 2.31 bits per heavy atom. The zero-order chi connectivity index (χ0) is 12.0. The second-order valence-corrected chi connectivity index (χ2v) is 5.78. The molecule has 2 unspecified atom stereocenters. The van der Waals surface area contributed by atoms with Crippen LogP contribution in [0.15, 0.2) is 12.4 Å². The minimum atomic E-state index is 0.288. The Morgan fingerprint density at radius 1 is 1.56 bits per heavy atom. The Morgan fingerprint density at radius 3 is 2.88 bits per heavy atom. The number of thioether (sulfide) groups is 1. The molecular formula is C12H23N3S. The number of nitrogens with zero attached hydrogens (tertiary/aromatic N) is 2. The van der Waals surface area contributed by atoms with Crippen LogP contribution >= 0.6 is 11.8 Å². The van der Waals surface area contributed by atoms with Crippen molar-refractivity contribution < 1.29 is 0 Å². The van der Waals surface area contributed by atoms with E-state index >= 15 is 0 Å². The van der Waals surface area contributed by atoms with Crippen LogP contribution < -0.4 is 5.73 Å². The van der Waals surface area contributed by atoms with Gasteiger partial charge in [0, 0.05) is 42.9 Å². The van der Waals surface area contributed by atoms with Crippen LogP contribution in [0.4, 0.5) is 0 Å². The molecule has 16 heavy (non-hydrogen) atoms. The number of rotatable bonds is 7. The SMILES string of the molecule is CCC(C)SCC(N)CCc1nccn1C. The summed E-state index contributed by atoms with van der Waals surface area (Å²) in [6, 6.07) is 0.288. The summed E-state index contributed by atoms with van der Waals surface area (Å²) < 4.78 is 2.06. The molecule has 2 atom stereocenters. The monoisotopic (exact) mass is 241 g/mol. The number of imidazole rings is 1. The van der Waals surface area contributed by atoms with Crippen LogP contribution in [-0.4, -0.2) is 26.6 Å². The summed E-state index contributed by atoms with van der Waals surface area (Å²) in [6.45, 7) is 4.48. The van der Waals surface area contributed by atoms with Crippen molar-refractivity contribution in [2.45, 2.75) is 44.4 Å². The van der Waals surface area contributed by atoms with E-state index in [4.69, 9.17) is 5.73 Å². The third-order valence-corrected chi connectivity index (χ3v) is 4.35. The second kappa shape index (κ2) is 6.97. The maximum atomic E-state index is 6.09. The lowest BCUT2D eigenvalue weighted by Gasteiger charge is -2.14. The summed E-state index contributed by atoms with van der Waals surface area (Å²) in [7, 11) is 2.03. The fraction of sp³-hybridized carbons (Fsp3) is 0.750. The number of hydrogen-bond acceptors (Lipinski definition) is 3. The molecule has 0 saturated carbocycles. The summed E-state index contributed by atoms with van der Waals surface area (Å²) in [6.07, 6.45) is 7.04. The van der Waals surface area contributed by atoms with E-state index in [1.165, 1.54) is 6.42 Å². The van der Waals surface area contributed by atoms with Crippen LogP contribution in [0.25, 0.3) is 0 Å². The first-order valence-electron chi connectivity index (χ1n) is 5.96. The van der Waals surface area contributed by atoms with E-state index in [2.05, 4.69) is 23.4 Å². The predicted octanol–water partition coefficient (Wildman–Crippen LogP) is 2.21. The van der Waals surface area contributed by atoms with Gasteiger partial charge in [0.05, 0.1) is 0 Å². The van der Waals surface area contributed by atoms with Crippen LogP contribution in [-0.2, 0) is 13.5 Å². The summed E-state index contributed by atoms with van der Waals surface area (Å²) >= 11 is 1.97. The molecular weight excluding hydrogens is 218 g/mol. The van der Waals surface area contributed by atoms with Crippen LogP contribution in [0.3, 0.4) is 0 Å². The third-order valence-electron chi connectivity index (χ3n) is 2.83. The van der Waals surface area contributed by atoms with Crippen molar-refractivity contribution in [2.75, 3.05) is 5.75 Å². The molecule has 0 aliphatic rings. The van der Waals surface area contributed by atoms with E-state index in [9.17, 15) is 0 Å². The molecule has 0 aliphatic carbocycles. The lowest BCUT2D eigenvalue weighted by molar-refractivity contribution is 0.638. The lowest BCUT2D eigenvalue weighted by atomic mass is 10.2. The smallest absolute Gasteiger partial charge is 0.108 e. The average Bonchev–Trinajstić information content (AvgIpc) is 2.69. The molecule has 0 fully saturated rings. The molecule has 1 aromatic rings. The lowest BCUT2D eigenvalue weighted by Crippen LogP contribution is -2.25.